The monoisotopic (exact) mass is 343 g/mol. The molecule has 1 aliphatic rings. The fourth-order valence-electron chi connectivity index (χ4n) is 2.31. The van der Waals surface area contributed by atoms with Gasteiger partial charge in [0.2, 0.25) is 0 Å². The summed E-state index contributed by atoms with van der Waals surface area (Å²) in [5.41, 5.74) is 2.34. The number of nitrogens with zero attached hydrogens (tertiary/aromatic N) is 1. The largest absolute Gasteiger partial charge is 0.444 e. The molecular formula is C15H19BrFNO2. The first-order valence-corrected chi connectivity index (χ1v) is 7.42. The van der Waals surface area contributed by atoms with E-state index in [1.165, 1.54) is 0 Å². The van der Waals surface area contributed by atoms with Gasteiger partial charge >= 0.3 is 6.09 Å². The summed E-state index contributed by atoms with van der Waals surface area (Å²) in [6.45, 7) is 8.43. The topological polar surface area (TPSA) is 29.5 Å². The number of carbonyl (C=O) groups excluding carboxylic acids is 1. The van der Waals surface area contributed by atoms with E-state index in [4.69, 9.17) is 4.74 Å². The lowest BCUT2D eigenvalue weighted by Gasteiger charge is -2.32. The maximum atomic E-state index is 13.7. The van der Waals surface area contributed by atoms with Gasteiger partial charge in [0, 0.05) is 13.1 Å². The number of ether oxygens (including phenoxy) is 1. The minimum absolute atomic E-state index is 0.244. The molecular weight excluding hydrogens is 325 g/mol. The summed E-state index contributed by atoms with van der Waals surface area (Å²) in [6, 6.07) is 1.55. The second-order valence-electron chi connectivity index (χ2n) is 6.09. The molecule has 1 heterocycles. The van der Waals surface area contributed by atoms with Gasteiger partial charge in [0.05, 0.1) is 4.47 Å². The van der Waals surface area contributed by atoms with Gasteiger partial charge in [0.25, 0.3) is 0 Å². The lowest BCUT2D eigenvalue weighted by molar-refractivity contribution is 0.0223. The van der Waals surface area contributed by atoms with E-state index in [2.05, 4.69) is 15.9 Å². The number of benzene rings is 1. The molecule has 0 atom stereocenters. The number of hydrogen-bond donors (Lipinski definition) is 0. The number of fused-ring (bicyclic) bond motifs is 1. The van der Waals surface area contributed by atoms with Crippen molar-refractivity contribution in [3.63, 3.8) is 0 Å². The van der Waals surface area contributed by atoms with Gasteiger partial charge in [-0.2, -0.15) is 0 Å². The van der Waals surface area contributed by atoms with Gasteiger partial charge in [0.15, 0.2) is 0 Å². The molecule has 0 aliphatic carbocycles. The minimum Gasteiger partial charge on any atom is -0.444 e. The van der Waals surface area contributed by atoms with Gasteiger partial charge in [-0.3, -0.25) is 0 Å². The van der Waals surface area contributed by atoms with Crippen molar-refractivity contribution in [3.8, 4) is 0 Å². The normalized spacial score (nSPS) is 15.0. The highest BCUT2D eigenvalue weighted by atomic mass is 79.9. The van der Waals surface area contributed by atoms with Crippen LogP contribution in [0.5, 0.6) is 0 Å². The van der Waals surface area contributed by atoms with Crippen LogP contribution in [0.25, 0.3) is 0 Å². The quantitative estimate of drug-likeness (QED) is 0.706. The molecule has 0 radical (unpaired) electrons. The molecule has 0 fully saturated rings. The lowest BCUT2D eigenvalue weighted by Crippen LogP contribution is -2.40. The average Bonchev–Trinajstić information content (AvgIpc) is 2.34. The summed E-state index contributed by atoms with van der Waals surface area (Å²) in [4.78, 5) is 13.8. The molecule has 3 nitrogen and oxygen atoms in total. The van der Waals surface area contributed by atoms with Gasteiger partial charge in [-0.05, 0) is 72.8 Å². The molecule has 0 aromatic heterocycles. The molecule has 0 saturated heterocycles. The van der Waals surface area contributed by atoms with Crippen LogP contribution in [0.15, 0.2) is 10.5 Å². The van der Waals surface area contributed by atoms with Crippen LogP contribution in [0.1, 0.15) is 37.5 Å². The van der Waals surface area contributed by atoms with Crippen LogP contribution in [0.2, 0.25) is 0 Å². The number of carbonyl (C=O) groups is 1. The zero-order valence-electron chi connectivity index (χ0n) is 12.2. The number of hydrogen-bond acceptors (Lipinski definition) is 2. The van der Waals surface area contributed by atoms with Crippen LogP contribution >= 0.6 is 15.9 Å². The number of rotatable bonds is 0. The Morgan fingerprint density at radius 3 is 2.70 bits per heavy atom. The first-order valence-electron chi connectivity index (χ1n) is 6.63. The Labute approximate surface area is 127 Å². The van der Waals surface area contributed by atoms with Crippen molar-refractivity contribution >= 4 is 22.0 Å². The minimum atomic E-state index is -0.504. The Morgan fingerprint density at radius 2 is 2.10 bits per heavy atom. The van der Waals surface area contributed by atoms with Crippen molar-refractivity contribution in [2.24, 2.45) is 0 Å². The lowest BCUT2D eigenvalue weighted by atomic mass is 9.95. The summed E-state index contributed by atoms with van der Waals surface area (Å²) in [5, 5.41) is 0. The third-order valence-corrected chi connectivity index (χ3v) is 4.31. The Hall–Kier alpha value is -1.10. The molecule has 1 aromatic rings. The number of halogens is 2. The first-order chi connectivity index (χ1) is 9.19. The molecule has 5 heteroatoms. The fourth-order valence-corrected chi connectivity index (χ4v) is 2.66. The predicted molar refractivity (Wildman–Crippen MR) is 79.2 cm³/mol. The molecule has 2 rings (SSSR count). The SMILES string of the molecule is Cc1c(Br)c(F)cc2c1CN(C(=O)OC(C)(C)C)CC2. The van der Waals surface area contributed by atoms with Gasteiger partial charge in [-0.1, -0.05) is 0 Å². The second kappa shape index (κ2) is 5.35. The van der Waals surface area contributed by atoms with Gasteiger partial charge in [-0.25, -0.2) is 9.18 Å². The summed E-state index contributed by atoms with van der Waals surface area (Å²) >= 11 is 3.25. The van der Waals surface area contributed by atoms with Crippen molar-refractivity contribution in [3.05, 3.63) is 33.0 Å². The summed E-state index contributed by atoms with van der Waals surface area (Å²) < 4.78 is 19.6. The Morgan fingerprint density at radius 1 is 1.45 bits per heavy atom. The van der Waals surface area contributed by atoms with Crippen molar-refractivity contribution in [1.82, 2.24) is 4.90 Å². The molecule has 1 aromatic carbocycles. The smallest absolute Gasteiger partial charge is 0.410 e. The molecule has 0 bridgehead atoms. The van der Waals surface area contributed by atoms with Crippen molar-refractivity contribution in [2.75, 3.05) is 6.54 Å². The molecule has 1 aliphatic heterocycles. The van der Waals surface area contributed by atoms with E-state index < -0.39 is 5.60 Å². The maximum Gasteiger partial charge on any atom is 0.410 e. The third kappa shape index (κ3) is 3.14. The van der Waals surface area contributed by atoms with E-state index in [1.54, 1.807) is 11.0 Å². The molecule has 0 saturated carbocycles. The summed E-state index contributed by atoms with van der Waals surface area (Å²) in [6.07, 6.45) is 0.336. The van der Waals surface area contributed by atoms with Crippen LogP contribution < -0.4 is 0 Å². The first kappa shape index (κ1) is 15.3. The Balaban J connectivity index is 2.23. The summed E-state index contributed by atoms with van der Waals surface area (Å²) in [7, 11) is 0. The Bertz CT molecular complexity index is 552. The number of amides is 1. The highest BCUT2D eigenvalue weighted by Gasteiger charge is 2.27. The standard InChI is InChI=1S/C15H19BrFNO2/c1-9-11-8-18(14(19)20-15(2,3)4)6-5-10(11)7-12(17)13(9)16/h7H,5-6,8H2,1-4H3. The molecule has 20 heavy (non-hydrogen) atoms. The predicted octanol–water partition coefficient (Wildman–Crippen LogP) is 4.19. The molecule has 0 unspecified atom stereocenters. The maximum absolute atomic E-state index is 13.7. The van der Waals surface area contributed by atoms with E-state index in [0.29, 0.717) is 24.0 Å². The zero-order chi connectivity index (χ0) is 15.1. The van der Waals surface area contributed by atoms with E-state index in [9.17, 15) is 9.18 Å². The van der Waals surface area contributed by atoms with Crippen LogP contribution in [0, 0.1) is 12.7 Å². The fraction of sp³-hybridized carbons (Fsp3) is 0.533. The van der Waals surface area contributed by atoms with E-state index in [1.807, 2.05) is 27.7 Å². The van der Waals surface area contributed by atoms with Crippen molar-refractivity contribution in [1.29, 1.82) is 0 Å². The highest BCUT2D eigenvalue weighted by molar-refractivity contribution is 9.10. The zero-order valence-corrected chi connectivity index (χ0v) is 13.8. The highest BCUT2D eigenvalue weighted by Crippen LogP contribution is 2.31. The average molecular weight is 344 g/mol. The second-order valence-corrected chi connectivity index (χ2v) is 6.88. The summed E-state index contributed by atoms with van der Waals surface area (Å²) in [5.74, 6) is -0.244. The Kier molecular flexibility index (Phi) is 4.09. The van der Waals surface area contributed by atoms with Gasteiger partial charge in [-0.15, -0.1) is 0 Å². The van der Waals surface area contributed by atoms with Crippen molar-refractivity contribution in [2.45, 2.75) is 46.3 Å². The molecule has 110 valence electrons. The van der Waals surface area contributed by atoms with Crippen molar-refractivity contribution < 1.29 is 13.9 Å². The van der Waals surface area contributed by atoms with Crippen LogP contribution in [-0.2, 0) is 17.7 Å². The third-order valence-electron chi connectivity index (χ3n) is 3.33. The van der Waals surface area contributed by atoms with E-state index >= 15 is 0 Å². The molecule has 1 amide bonds. The van der Waals surface area contributed by atoms with E-state index in [-0.39, 0.29) is 11.9 Å². The van der Waals surface area contributed by atoms with Gasteiger partial charge in [0.1, 0.15) is 11.4 Å². The van der Waals surface area contributed by atoms with E-state index in [0.717, 1.165) is 16.7 Å². The molecule has 0 spiro atoms. The van der Waals surface area contributed by atoms with Crippen LogP contribution in [0.4, 0.5) is 9.18 Å². The van der Waals surface area contributed by atoms with Crippen LogP contribution in [0.3, 0.4) is 0 Å². The van der Waals surface area contributed by atoms with Crippen LogP contribution in [-0.4, -0.2) is 23.1 Å². The molecule has 0 N–H and O–H groups in total. The van der Waals surface area contributed by atoms with Gasteiger partial charge < -0.3 is 9.64 Å².